The number of aromatic nitrogens is 2. The van der Waals surface area contributed by atoms with Crippen LogP contribution in [0.5, 0.6) is 0 Å². The number of hydrogen-bond acceptors (Lipinski definition) is 6. The monoisotopic (exact) mass is 426 g/mol. The predicted octanol–water partition coefficient (Wildman–Crippen LogP) is 2.33. The first-order valence-corrected chi connectivity index (χ1v) is 11.2. The molecule has 1 fully saturated rings. The van der Waals surface area contributed by atoms with Gasteiger partial charge in [-0.15, -0.1) is 0 Å². The van der Waals surface area contributed by atoms with Gasteiger partial charge in [0.2, 0.25) is 21.7 Å². The van der Waals surface area contributed by atoms with Gasteiger partial charge in [-0.3, -0.25) is 4.79 Å². The summed E-state index contributed by atoms with van der Waals surface area (Å²) in [4.78, 5) is 18.7. The lowest BCUT2D eigenvalue weighted by Crippen LogP contribution is -2.50. The van der Waals surface area contributed by atoms with Crippen molar-refractivity contribution in [3.63, 3.8) is 0 Å². The molecule has 156 valence electrons. The fourth-order valence-corrected chi connectivity index (χ4v) is 4.92. The highest BCUT2D eigenvalue weighted by atomic mass is 32.2. The number of benzene rings is 2. The number of aryl methyl sites for hydroxylation is 1. The van der Waals surface area contributed by atoms with Crippen molar-refractivity contribution in [2.75, 3.05) is 26.2 Å². The summed E-state index contributed by atoms with van der Waals surface area (Å²) in [6, 6.07) is 16.1. The molecule has 0 N–H and O–H groups in total. The fourth-order valence-electron chi connectivity index (χ4n) is 3.41. The zero-order valence-electron chi connectivity index (χ0n) is 16.6. The van der Waals surface area contributed by atoms with Crippen molar-refractivity contribution in [3.8, 4) is 11.4 Å². The van der Waals surface area contributed by atoms with E-state index in [2.05, 4.69) is 10.1 Å². The van der Waals surface area contributed by atoms with E-state index in [0.717, 1.165) is 11.1 Å². The largest absolute Gasteiger partial charge is 0.339 e. The number of carbonyl (C=O) groups is 1. The van der Waals surface area contributed by atoms with Gasteiger partial charge in [-0.05, 0) is 17.7 Å². The van der Waals surface area contributed by atoms with E-state index < -0.39 is 10.0 Å². The summed E-state index contributed by atoms with van der Waals surface area (Å²) < 4.78 is 31.8. The maximum absolute atomic E-state index is 12.8. The molecule has 2 aromatic carbocycles. The number of rotatable bonds is 5. The van der Waals surface area contributed by atoms with Crippen LogP contribution in [0.2, 0.25) is 0 Å². The maximum Gasteiger partial charge on any atom is 0.253 e. The number of piperazine rings is 1. The van der Waals surface area contributed by atoms with E-state index in [1.807, 2.05) is 18.2 Å². The van der Waals surface area contributed by atoms with Crippen LogP contribution in [0, 0.1) is 6.92 Å². The second-order valence-corrected chi connectivity index (χ2v) is 9.12. The Labute approximate surface area is 175 Å². The molecule has 1 amide bonds. The quantitative estimate of drug-likeness (QED) is 0.621. The van der Waals surface area contributed by atoms with Gasteiger partial charge in [0.25, 0.3) is 5.91 Å². The van der Waals surface area contributed by atoms with Crippen LogP contribution >= 0.6 is 0 Å². The third-order valence-corrected chi connectivity index (χ3v) is 6.88. The van der Waals surface area contributed by atoms with Crippen LogP contribution in [-0.2, 0) is 15.8 Å². The van der Waals surface area contributed by atoms with E-state index >= 15 is 0 Å². The lowest BCUT2D eigenvalue weighted by atomic mass is 10.1. The van der Waals surface area contributed by atoms with E-state index in [0.29, 0.717) is 43.5 Å². The van der Waals surface area contributed by atoms with Crippen molar-refractivity contribution < 1.29 is 17.7 Å². The molecular formula is C21H22N4O4S. The zero-order valence-corrected chi connectivity index (χ0v) is 17.4. The van der Waals surface area contributed by atoms with E-state index in [9.17, 15) is 13.2 Å². The SMILES string of the molecule is Cc1nc(-c2ccc(C(=O)N3CCN(S(=O)(=O)Cc4ccccc4)CC3)cc2)no1. The van der Waals surface area contributed by atoms with Crippen molar-refractivity contribution in [2.45, 2.75) is 12.7 Å². The van der Waals surface area contributed by atoms with Gasteiger partial charge in [-0.1, -0.05) is 47.6 Å². The molecule has 8 nitrogen and oxygen atoms in total. The Morgan fingerprint density at radius 2 is 1.67 bits per heavy atom. The van der Waals surface area contributed by atoms with Crippen molar-refractivity contribution >= 4 is 15.9 Å². The van der Waals surface area contributed by atoms with Crippen molar-refractivity contribution in [1.29, 1.82) is 0 Å². The molecule has 0 spiro atoms. The molecule has 1 aromatic heterocycles. The molecule has 4 rings (SSSR count). The molecule has 0 atom stereocenters. The second-order valence-electron chi connectivity index (χ2n) is 7.15. The standard InChI is InChI=1S/C21H22N4O4S/c1-16-22-20(23-29-16)18-7-9-19(10-8-18)21(26)24-11-13-25(14-12-24)30(27,28)15-17-5-3-2-4-6-17/h2-10H,11-15H2,1H3. The van der Waals surface area contributed by atoms with Crippen molar-refractivity contribution in [1.82, 2.24) is 19.3 Å². The van der Waals surface area contributed by atoms with E-state index in [1.54, 1.807) is 48.2 Å². The first-order chi connectivity index (χ1) is 14.4. The van der Waals surface area contributed by atoms with Crippen LogP contribution in [0.1, 0.15) is 21.8 Å². The van der Waals surface area contributed by atoms with Gasteiger partial charge < -0.3 is 9.42 Å². The molecule has 0 bridgehead atoms. The topological polar surface area (TPSA) is 96.6 Å². The Hall–Kier alpha value is -3.04. The van der Waals surface area contributed by atoms with Gasteiger partial charge in [0.1, 0.15) is 0 Å². The first kappa shape index (κ1) is 20.2. The lowest BCUT2D eigenvalue weighted by Gasteiger charge is -2.34. The van der Waals surface area contributed by atoms with Gasteiger partial charge in [-0.25, -0.2) is 8.42 Å². The Morgan fingerprint density at radius 3 is 2.27 bits per heavy atom. The summed E-state index contributed by atoms with van der Waals surface area (Å²) in [5, 5.41) is 3.87. The number of nitrogens with zero attached hydrogens (tertiary/aromatic N) is 4. The summed E-state index contributed by atoms with van der Waals surface area (Å²) in [5.41, 5.74) is 2.06. The molecule has 0 saturated carbocycles. The Bertz CT molecular complexity index is 1120. The highest BCUT2D eigenvalue weighted by Gasteiger charge is 2.29. The Morgan fingerprint density at radius 1 is 1.00 bits per heavy atom. The molecule has 30 heavy (non-hydrogen) atoms. The predicted molar refractivity (Wildman–Crippen MR) is 111 cm³/mol. The van der Waals surface area contributed by atoms with Crippen LogP contribution < -0.4 is 0 Å². The third-order valence-electron chi connectivity index (χ3n) is 5.03. The minimum Gasteiger partial charge on any atom is -0.339 e. The summed E-state index contributed by atoms with van der Waals surface area (Å²) in [7, 11) is -3.41. The number of amides is 1. The molecule has 1 aliphatic rings. The molecule has 0 radical (unpaired) electrons. The van der Waals surface area contributed by atoms with Crippen LogP contribution in [0.4, 0.5) is 0 Å². The van der Waals surface area contributed by atoms with Crippen molar-refractivity contribution in [2.24, 2.45) is 0 Å². The number of hydrogen-bond donors (Lipinski definition) is 0. The summed E-state index contributed by atoms with van der Waals surface area (Å²) in [5.74, 6) is 0.804. The number of sulfonamides is 1. The Balaban J connectivity index is 1.37. The highest BCUT2D eigenvalue weighted by molar-refractivity contribution is 7.88. The zero-order chi connectivity index (χ0) is 21.1. The van der Waals surface area contributed by atoms with Crippen molar-refractivity contribution in [3.05, 3.63) is 71.6 Å². The average Bonchev–Trinajstić information content (AvgIpc) is 3.20. The molecule has 9 heteroatoms. The summed E-state index contributed by atoms with van der Waals surface area (Å²) in [6.45, 7) is 3.02. The molecule has 3 aromatic rings. The summed E-state index contributed by atoms with van der Waals surface area (Å²) in [6.07, 6.45) is 0. The maximum atomic E-state index is 12.8. The van der Waals surface area contributed by atoms with Crippen LogP contribution in [-0.4, -0.2) is 59.8 Å². The van der Waals surface area contributed by atoms with Gasteiger partial charge in [0, 0.05) is 44.2 Å². The minimum absolute atomic E-state index is 0.0290. The first-order valence-electron chi connectivity index (χ1n) is 9.64. The Kier molecular flexibility index (Phi) is 5.65. The molecule has 2 heterocycles. The van der Waals surface area contributed by atoms with Crippen LogP contribution in [0.15, 0.2) is 59.1 Å². The second kappa shape index (κ2) is 8.37. The fraction of sp³-hybridized carbons (Fsp3) is 0.286. The molecule has 1 saturated heterocycles. The van der Waals surface area contributed by atoms with Gasteiger partial charge in [-0.2, -0.15) is 9.29 Å². The molecular weight excluding hydrogens is 404 g/mol. The molecule has 0 unspecified atom stereocenters. The molecule has 1 aliphatic heterocycles. The van der Waals surface area contributed by atoms with E-state index in [4.69, 9.17) is 4.52 Å². The van der Waals surface area contributed by atoms with Gasteiger partial charge in [0.05, 0.1) is 5.75 Å². The van der Waals surface area contributed by atoms with Gasteiger partial charge >= 0.3 is 0 Å². The normalized spacial score (nSPS) is 15.3. The smallest absolute Gasteiger partial charge is 0.253 e. The van der Waals surface area contributed by atoms with Crippen LogP contribution in [0.3, 0.4) is 0 Å². The average molecular weight is 426 g/mol. The third kappa shape index (κ3) is 4.42. The lowest BCUT2D eigenvalue weighted by molar-refractivity contribution is 0.0698. The molecule has 0 aliphatic carbocycles. The van der Waals surface area contributed by atoms with E-state index in [-0.39, 0.29) is 11.7 Å². The van der Waals surface area contributed by atoms with E-state index in [1.165, 1.54) is 4.31 Å². The van der Waals surface area contributed by atoms with Gasteiger partial charge in [0.15, 0.2) is 0 Å². The minimum atomic E-state index is -3.41. The highest BCUT2D eigenvalue weighted by Crippen LogP contribution is 2.19. The number of carbonyl (C=O) groups excluding carboxylic acids is 1. The van der Waals surface area contributed by atoms with Crippen LogP contribution in [0.25, 0.3) is 11.4 Å². The summed E-state index contributed by atoms with van der Waals surface area (Å²) >= 11 is 0.